The van der Waals surface area contributed by atoms with E-state index in [1.807, 2.05) is 25.1 Å². The molecule has 1 atom stereocenters. The van der Waals surface area contributed by atoms with Gasteiger partial charge in [0.1, 0.15) is 0 Å². The van der Waals surface area contributed by atoms with Crippen LogP contribution in [0.5, 0.6) is 0 Å². The minimum atomic E-state index is -0.00647. The van der Waals surface area contributed by atoms with Crippen molar-refractivity contribution in [2.24, 2.45) is 0 Å². The van der Waals surface area contributed by atoms with Gasteiger partial charge in [0.25, 0.3) is 0 Å². The smallest absolute Gasteiger partial charge is 0.0671 e. The number of hydrogen-bond acceptors (Lipinski definition) is 1. The van der Waals surface area contributed by atoms with E-state index >= 15 is 0 Å². The molecular formula is C16H20Cl2N2. The Morgan fingerprint density at radius 1 is 1.25 bits per heavy atom. The summed E-state index contributed by atoms with van der Waals surface area (Å²) in [6.45, 7) is 7.02. The molecule has 0 radical (unpaired) electrons. The first-order valence-electron chi connectivity index (χ1n) is 7.03. The molecule has 108 valence electrons. The first kappa shape index (κ1) is 15.4. The summed E-state index contributed by atoms with van der Waals surface area (Å²) in [5.41, 5.74) is 4.68. The molecule has 2 nitrogen and oxygen atoms in total. The standard InChI is InChI=1S/C16H20Cl2N2/c1-4-14-16(11(3)17)15(5-2)20(19-14)10-12-7-6-8-13(18)9-12/h6-9,11H,4-5,10H2,1-3H3. The van der Waals surface area contributed by atoms with E-state index in [2.05, 4.69) is 24.6 Å². The lowest BCUT2D eigenvalue weighted by Gasteiger charge is -2.09. The van der Waals surface area contributed by atoms with Crippen molar-refractivity contribution >= 4 is 23.2 Å². The fourth-order valence-electron chi connectivity index (χ4n) is 2.60. The molecule has 1 heterocycles. The van der Waals surface area contributed by atoms with Gasteiger partial charge in [-0.1, -0.05) is 37.6 Å². The van der Waals surface area contributed by atoms with Crippen molar-refractivity contribution in [2.75, 3.05) is 0 Å². The molecule has 0 saturated heterocycles. The van der Waals surface area contributed by atoms with E-state index in [1.54, 1.807) is 0 Å². The Kier molecular flexibility index (Phi) is 5.11. The Labute approximate surface area is 130 Å². The van der Waals surface area contributed by atoms with Gasteiger partial charge in [-0.2, -0.15) is 5.10 Å². The van der Waals surface area contributed by atoms with Gasteiger partial charge in [0.15, 0.2) is 0 Å². The van der Waals surface area contributed by atoms with Crippen LogP contribution in [0.2, 0.25) is 5.02 Å². The second-order valence-electron chi connectivity index (χ2n) is 4.92. The largest absolute Gasteiger partial charge is 0.265 e. The summed E-state index contributed by atoms with van der Waals surface area (Å²) in [6, 6.07) is 7.91. The lowest BCUT2D eigenvalue weighted by Crippen LogP contribution is -2.07. The first-order chi connectivity index (χ1) is 9.56. The van der Waals surface area contributed by atoms with Gasteiger partial charge in [0.2, 0.25) is 0 Å². The Morgan fingerprint density at radius 2 is 2.00 bits per heavy atom. The Balaban J connectivity index is 2.41. The fourth-order valence-corrected chi connectivity index (χ4v) is 3.06. The van der Waals surface area contributed by atoms with Gasteiger partial charge >= 0.3 is 0 Å². The van der Waals surface area contributed by atoms with E-state index in [-0.39, 0.29) is 5.38 Å². The van der Waals surface area contributed by atoms with Crippen LogP contribution in [0.4, 0.5) is 0 Å². The van der Waals surface area contributed by atoms with Gasteiger partial charge in [0, 0.05) is 16.3 Å². The van der Waals surface area contributed by atoms with Crippen molar-refractivity contribution in [3.05, 3.63) is 51.8 Å². The minimum absolute atomic E-state index is 0.00647. The summed E-state index contributed by atoms with van der Waals surface area (Å²) in [6.07, 6.45) is 1.84. The van der Waals surface area contributed by atoms with E-state index < -0.39 is 0 Å². The molecular weight excluding hydrogens is 291 g/mol. The van der Waals surface area contributed by atoms with Gasteiger partial charge in [-0.15, -0.1) is 11.6 Å². The molecule has 0 amide bonds. The van der Waals surface area contributed by atoms with Crippen LogP contribution >= 0.6 is 23.2 Å². The lowest BCUT2D eigenvalue weighted by molar-refractivity contribution is 0.639. The third-order valence-corrected chi connectivity index (χ3v) is 3.92. The number of benzene rings is 1. The van der Waals surface area contributed by atoms with E-state index in [0.717, 1.165) is 35.7 Å². The maximum atomic E-state index is 6.34. The van der Waals surface area contributed by atoms with Crippen molar-refractivity contribution in [1.82, 2.24) is 9.78 Å². The molecule has 0 N–H and O–H groups in total. The third kappa shape index (κ3) is 3.18. The maximum absolute atomic E-state index is 6.34. The molecule has 1 aromatic carbocycles. The van der Waals surface area contributed by atoms with Crippen LogP contribution in [0, 0.1) is 0 Å². The molecule has 0 saturated carbocycles. The summed E-state index contributed by atoms with van der Waals surface area (Å²) in [7, 11) is 0. The van der Waals surface area contributed by atoms with E-state index in [0.29, 0.717) is 0 Å². The summed E-state index contributed by atoms with van der Waals surface area (Å²) in [5, 5.41) is 5.49. The van der Waals surface area contributed by atoms with Crippen LogP contribution in [-0.2, 0) is 19.4 Å². The van der Waals surface area contributed by atoms with Crippen LogP contribution in [0.3, 0.4) is 0 Å². The van der Waals surface area contributed by atoms with Crippen LogP contribution in [-0.4, -0.2) is 9.78 Å². The van der Waals surface area contributed by atoms with E-state index in [4.69, 9.17) is 28.3 Å². The molecule has 2 aromatic rings. The predicted octanol–water partition coefficient (Wildman–Crippen LogP) is 5.01. The van der Waals surface area contributed by atoms with Crippen LogP contribution in [0.25, 0.3) is 0 Å². The highest BCUT2D eigenvalue weighted by molar-refractivity contribution is 6.30. The van der Waals surface area contributed by atoms with E-state index in [1.165, 1.54) is 11.3 Å². The molecule has 0 fully saturated rings. The monoisotopic (exact) mass is 310 g/mol. The van der Waals surface area contributed by atoms with Crippen molar-refractivity contribution in [2.45, 2.75) is 45.5 Å². The number of nitrogens with zero attached hydrogens (tertiary/aromatic N) is 2. The van der Waals surface area contributed by atoms with Crippen LogP contribution in [0.15, 0.2) is 24.3 Å². The number of aryl methyl sites for hydroxylation is 1. The number of rotatable bonds is 5. The van der Waals surface area contributed by atoms with Crippen LogP contribution < -0.4 is 0 Å². The highest BCUT2D eigenvalue weighted by atomic mass is 35.5. The maximum Gasteiger partial charge on any atom is 0.0671 e. The molecule has 4 heteroatoms. The fraction of sp³-hybridized carbons (Fsp3) is 0.438. The van der Waals surface area contributed by atoms with Crippen molar-refractivity contribution in [1.29, 1.82) is 0 Å². The lowest BCUT2D eigenvalue weighted by atomic mass is 10.1. The molecule has 1 aromatic heterocycles. The highest BCUT2D eigenvalue weighted by Crippen LogP contribution is 2.28. The van der Waals surface area contributed by atoms with Crippen LogP contribution in [0.1, 0.15) is 48.7 Å². The average molecular weight is 311 g/mol. The molecule has 1 unspecified atom stereocenters. The molecule has 20 heavy (non-hydrogen) atoms. The molecule has 0 spiro atoms. The molecule has 0 aliphatic carbocycles. The van der Waals surface area contributed by atoms with Crippen molar-refractivity contribution in [3.8, 4) is 0 Å². The van der Waals surface area contributed by atoms with Gasteiger partial charge in [0.05, 0.1) is 17.6 Å². The molecule has 0 bridgehead atoms. The predicted molar refractivity (Wildman–Crippen MR) is 85.8 cm³/mol. The zero-order valence-electron chi connectivity index (χ0n) is 12.2. The third-order valence-electron chi connectivity index (χ3n) is 3.46. The van der Waals surface area contributed by atoms with Gasteiger partial charge < -0.3 is 0 Å². The molecule has 0 aliphatic heterocycles. The Bertz CT molecular complexity index is 588. The van der Waals surface area contributed by atoms with E-state index in [9.17, 15) is 0 Å². The minimum Gasteiger partial charge on any atom is -0.265 e. The summed E-state index contributed by atoms with van der Waals surface area (Å²) >= 11 is 12.4. The summed E-state index contributed by atoms with van der Waals surface area (Å²) in [5.74, 6) is 0. The quantitative estimate of drug-likeness (QED) is 0.710. The van der Waals surface area contributed by atoms with Crippen molar-refractivity contribution in [3.63, 3.8) is 0 Å². The summed E-state index contributed by atoms with van der Waals surface area (Å²) < 4.78 is 2.07. The number of halogens is 2. The Hall–Kier alpha value is -0.990. The SMILES string of the molecule is CCc1nn(Cc2cccc(Cl)c2)c(CC)c1C(C)Cl. The average Bonchev–Trinajstić information content (AvgIpc) is 2.76. The van der Waals surface area contributed by atoms with Gasteiger partial charge in [-0.05, 0) is 37.5 Å². The molecule has 2 rings (SSSR count). The number of aromatic nitrogens is 2. The number of hydrogen-bond donors (Lipinski definition) is 0. The second kappa shape index (κ2) is 6.64. The highest BCUT2D eigenvalue weighted by Gasteiger charge is 2.19. The number of alkyl halides is 1. The topological polar surface area (TPSA) is 17.8 Å². The van der Waals surface area contributed by atoms with Crippen molar-refractivity contribution < 1.29 is 0 Å². The van der Waals surface area contributed by atoms with Gasteiger partial charge in [-0.3, -0.25) is 4.68 Å². The second-order valence-corrected chi connectivity index (χ2v) is 6.01. The normalized spacial score (nSPS) is 12.7. The van der Waals surface area contributed by atoms with Gasteiger partial charge in [-0.25, -0.2) is 0 Å². The molecule has 0 aliphatic rings. The zero-order valence-corrected chi connectivity index (χ0v) is 13.7. The Morgan fingerprint density at radius 3 is 2.55 bits per heavy atom. The summed E-state index contributed by atoms with van der Waals surface area (Å²) in [4.78, 5) is 0. The zero-order chi connectivity index (χ0) is 14.7. The first-order valence-corrected chi connectivity index (χ1v) is 7.85.